The van der Waals surface area contributed by atoms with Crippen LogP contribution in [-0.4, -0.2) is 48.8 Å². The molecule has 3 aromatic rings. The van der Waals surface area contributed by atoms with Gasteiger partial charge >= 0.3 is 6.03 Å². The Kier molecular flexibility index (Phi) is 8.37. The van der Waals surface area contributed by atoms with Crippen LogP contribution in [0.3, 0.4) is 0 Å². The fourth-order valence-electron chi connectivity index (χ4n) is 4.32. The van der Waals surface area contributed by atoms with Gasteiger partial charge in [-0.1, -0.05) is 67.6 Å². The number of likely N-dealkylation sites (N-methyl/N-ethyl adjacent to an activating group) is 1. The number of hydrogen-bond acceptors (Lipinski definition) is 4. The van der Waals surface area contributed by atoms with E-state index >= 15 is 0 Å². The van der Waals surface area contributed by atoms with E-state index in [9.17, 15) is 19.2 Å². The Balaban J connectivity index is 1.46. The lowest BCUT2D eigenvalue weighted by Gasteiger charge is -2.22. The zero-order valence-electron chi connectivity index (χ0n) is 21.4. The minimum absolute atomic E-state index is 0.207. The second-order valence-electron chi connectivity index (χ2n) is 9.08. The van der Waals surface area contributed by atoms with Gasteiger partial charge in [-0.2, -0.15) is 0 Å². The Hall–Kier alpha value is -4.66. The zero-order valence-corrected chi connectivity index (χ0v) is 21.4. The van der Waals surface area contributed by atoms with E-state index in [1.165, 1.54) is 15.9 Å². The molecular formula is C29H31N5O4. The molecule has 1 aliphatic rings. The fourth-order valence-corrected chi connectivity index (χ4v) is 4.32. The second-order valence-corrected chi connectivity index (χ2v) is 9.08. The molecular weight excluding hydrogens is 482 g/mol. The van der Waals surface area contributed by atoms with Crippen LogP contribution in [0.2, 0.25) is 0 Å². The van der Waals surface area contributed by atoms with Crippen LogP contribution in [0.5, 0.6) is 0 Å². The first kappa shape index (κ1) is 26.4. The highest BCUT2D eigenvalue weighted by molar-refractivity contribution is 6.11. The van der Waals surface area contributed by atoms with Crippen LogP contribution < -0.4 is 20.9 Å². The molecule has 0 radical (unpaired) electrons. The van der Waals surface area contributed by atoms with Gasteiger partial charge in [-0.25, -0.2) is 4.79 Å². The Morgan fingerprint density at radius 3 is 2.32 bits per heavy atom. The standard InChI is InChI=1S/C29H31N5O4/c1-3-24(21-12-8-5-9-13-21)32-26(35)18-34-19-27(36)33(2)25-15-14-22(16-23(25)28(34)37)31-29(38)30-17-20-10-6-4-7-11-20/h4-16,24H,3,17-19H2,1-2H3,(H,32,35)(H2,30,31,38). The van der Waals surface area contributed by atoms with Crippen LogP contribution >= 0.6 is 0 Å². The van der Waals surface area contributed by atoms with Gasteiger partial charge in [0.15, 0.2) is 0 Å². The lowest BCUT2D eigenvalue weighted by molar-refractivity contribution is -0.123. The summed E-state index contributed by atoms with van der Waals surface area (Å²) in [4.78, 5) is 54.3. The summed E-state index contributed by atoms with van der Waals surface area (Å²) in [5.74, 6) is -1.14. The number of amides is 5. The number of carbonyl (C=O) groups excluding carboxylic acids is 4. The first-order valence-electron chi connectivity index (χ1n) is 12.5. The van der Waals surface area contributed by atoms with Gasteiger partial charge in [0.2, 0.25) is 11.8 Å². The van der Waals surface area contributed by atoms with Gasteiger partial charge in [0.1, 0.15) is 13.1 Å². The molecule has 0 spiro atoms. The first-order valence-corrected chi connectivity index (χ1v) is 12.5. The summed E-state index contributed by atoms with van der Waals surface area (Å²) in [5, 5.41) is 8.47. The molecule has 5 amide bonds. The number of benzene rings is 3. The van der Waals surface area contributed by atoms with Gasteiger partial charge in [-0.15, -0.1) is 0 Å². The van der Waals surface area contributed by atoms with Gasteiger partial charge in [0.25, 0.3) is 5.91 Å². The normalized spacial score (nSPS) is 13.8. The SMILES string of the molecule is CCC(NC(=O)CN1CC(=O)N(C)c2ccc(NC(=O)NCc3ccccc3)cc2C1=O)c1ccccc1. The number of nitrogens with one attached hydrogen (secondary N) is 3. The maximum Gasteiger partial charge on any atom is 0.319 e. The van der Waals surface area contributed by atoms with Crippen LogP contribution in [0.25, 0.3) is 0 Å². The van der Waals surface area contributed by atoms with E-state index in [4.69, 9.17) is 0 Å². The van der Waals surface area contributed by atoms with E-state index in [0.717, 1.165) is 11.1 Å². The summed E-state index contributed by atoms with van der Waals surface area (Å²) in [6.07, 6.45) is 0.676. The minimum Gasteiger partial charge on any atom is -0.348 e. The summed E-state index contributed by atoms with van der Waals surface area (Å²) in [7, 11) is 1.58. The van der Waals surface area contributed by atoms with E-state index in [0.29, 0.717) is 24.3 Å². The third-order valence-electron chi connectivity index (χ3n) is 6.41. The van der Waals surface area contributed by atoms with Crippen LogP contribution in [0.1, 0.15) is 40.9 Å². The average Bonchev–Trinajstić information content (AvgIpc) is 3.02. The molecule has 1 heterocycles. The Bertz CT molecular complexity index is 1310. The van der Waals surface area contributed by atoms with Gasteiger partial charge in [-0.3, -0.25) is 14.4 Å². The van der Waals surface area contributed by atoms with Crippen LogP contribution in [0.4, 0.5) is 16.2 Å². The minimum atomic E-state index is -0.464. The predicted molar refractivity (Wildman–Crippen MR) is 146 cm³/mol. The van der Waals surface area contributed by atoms with E-state index in [1.807, 2.05) is 67.6 Å². The highest BCUT2D eigenvalue weighted by Gasteiger charge is 2.31. The van der Waals surface area contributed by atoms with Crippen molar-refractivity contribution in [3.8, 4) is 0 Å². The molecule has 9 heteroatoms. The average molecular weight is 514 g/mol. The molecule has 0 aromatic heterocycles. The van der Waals surface area contributed by atoms with E-state index in [1.54, 1.807) is 19.2 Å². The summed E-state index contributed by atoms with van der Waals surface area (Å²) in [6.45, 7) is 1.81. The van der Waals surface area contributed by atoms with Crippen LogP contribution in [0, 0.1) is 0 Å². The van der Waals surface area contributed by atoms with Gasteiger partial charge in [0, 0.05) is 19.3 Å². The van der Waals surface area contributed by atoms with Crippen LogP contribution in [0.15, 0.2) is 78.9 Å². The Labute approximate surface area is 221 Å². The van der Waals surface area contributed by atoms with Crippen molar-refractivity contribution in [2.24, 2.45) is 0 Å². The van der Waals surface area contributed by atoms with Crippen molar-refractivity contribution in [1.82, 2.24) is 15.5 Å². The molecule has 0 fully saturated rings. The Morgan fingerprint density at radius 2 is 1.63 bits per heavy atom. The molecule has 0 saturated heterocycles. The van der Waals surface area contributed by atoms with E-state index < -0.39 is 11.9 Å². The highest BCUT2D eigenvalue weighted by Crippen LogP contribution is 2.28. The number of hydrogen-bond donors (Lipinski definition) is 3. The van der Waals surface area contributed by atoms with Gasteiger partial charge in [-0.05, 0) is 35.7 Å². The molecule has 9 nitrogen and oxygen atoms in total. The second kappa shape index (κ2) is 12.1. The molecule has 1 aliphatic heterocycles. The van der Waals surface area contributed by atoms with Crippen molar-refractivity contribution in [3.63, 3.8) is 0 Å². The maximum absolute atomic E-state index is 13.5. The molecule has 38 heavy (non-hydrogen) atoms. The molecule has 3 aromatic carbocycles. The predicted octanol–water partition coefficient (Wildman–Crippen LogP) is 3.69. The third-order valence-corrected chi connectivity index (χ3v) is 6.41. The number of rotatable bonds is 8. The molecule has 196 valence electrons. The lowest BCUT2D eigenvalue weighted by atomic mass is 10.0. The van der Waals surface area contributed by atoms with E-state index in [2.05, 4.69) is 16.0 Å². The van der Waals surface area contributed by atoms with E-state index in [-0.39, 0.29) is 36.5 Å². The number of fused-ring (bicyclic) bond motifs is 1. The van der Waals surface area contributed by atoms with Crippen molar-refractivity contribution in [1.29, 1.82) is 0 Å². The fraction of sp³-hybridized carbons (Fsp3) is 0.241. The van der Waals surface area contributed by atoms with Gasteiger partial charge < -0.3 is 25.8 Å². The smallest absolute Gasteiger partial charge is 0.319 e. The topological polar surface area (TPSA) is 111 Å². The molecule has 4 rings (SSSR count). The number of anilines is 2. The molecule has 0 bridgehead atoms. The molecule has 1 unspecified atom stereocenters. The molecule has 0 aliphatic carbocycles. The van der Waals surface area contributed by atoms with Gasteiger partial charge in [0.05, 0.1) is 17.3 Å². The molecule has 0 saturated carbocycles. The third kappa shape index (κ3) is 6.36. The summed E-state index contributed by atoms with van der Waals surface area (Å²) >= 11 is 0. The van der Waals surface area contributed by atoms with Crippen LogP contribution in [-0.2, 0) is 16.1 Å². The highest BCUT2D eigenvalue weighted by atomic mass is 16.2. The summed E-state index contributed by atoms with van der Waals surface area (Å²) in [5.41, 5.74) is 2.94. The number of urea groups is 1. The van der Waals surface area contributed by atoms with Crippen molar-refractivity contribution in [2.45, 2.75) is 25.9 Å². The summed E-state index contributed by atoms with van der Waals surface area (Å²) < 4.78 is 0. The monoisotopic (exact) mass is 513 g/mol. The molecule has 3 N–H and O–H groups in total. The zero-order chi connectivity index (χ0) is 27.1. The Morgan fingerprint density at radius 1 is 0.947 bits per heavy atom. The van der Waals surface area contributed by atoms with Crippen molar-refractivity contribution < 1.29 is 19.2 Å². The maximum atomic E-state index is 13.5. The van der Waals surface area contributed by atoms with Crippen molar-refractivity contribution >= 4 is 35.1 Å². The number of nitrogens with zero attached hydrogens (tertiary/aromatic N) is 2. The summed E-state index contributed by atoms with van der Waals surface area (Å²) in [6, 6.07) is 23.2. The molecule has 1 atom stereocenters. The lowest BCUT2D eigenvalue weighted by Crippen LogP contribution is -2.44. The first-order chi connectivity index (χ1) is 18.4. The largest absolute Gasteiger partial charge is 0.348 e. The number of carbonyl (C=O) groups is 4. The van der Waals surface area contributed by atoms with Crippen molar-refractivity contribution in [3.05, 3.63) is 95.6 Å². The quantitative estimate of drug-likeness (QED) is 0.427. The van der Waals surface area contributed by atoms with Crippen molar-refractivity contribution in [2.75, 3.05) is 30.4 Å².